The lowest BCUT2D eigenvalue weighted by atomic mass is 9.85. The van der Waals surface area contributed by atoms with Crippen LogP contribution in [0.5, 0.6) is 5.75 Å². The fraction of sp³-hybridized carbons (Fsp3) is 0.412. The summed E-state index contributed by atoms with van der Waals surface area (Å²) < 4.78 is 5.28. The highest BCUT2D eigenvalue weighted by Gasteiger charge is 2.35. The first kappa shape index (κ1) is 17.3. The summed E-state index contributed by atoms with van der Waals surface area (Å²) in [6, 6.07) is 12.1. The van der Waals surface area contributed by atoms with Crippen LogP contribution in [0.2, 0.25) is 0 Å². The van der Waals surface area contributed by atoms with Crippen LogP contribution in [-0.4, -0.2) is 30.2 Å². The van der Waals surface area contributed by atoms with Gasteiger partial charge in [0.2, 0.25) is 0 Å². The summed E-state index contributed by atoms with van der Waals surface area (Å²) in [6.07, 6.45) is 1.82. The van der Waals surface area contributed by atoms with Gasteiger partial charge in [0.25, 0.3) is 0 Å². The van der Waals surface area contributed by atoms with Gasteiger partial charge in [0, 0.05) is 18.0 Å². The molecule has 1 aliphatic rings. The van der Waals surface area contributed by atoms with E-state index in [-0.39, 0.29) is 12.4 Å². The van der Waals surface area contributed by atoms with Gasteiger partial charge in [-0.3, -0.25) is 4.90 Å². The molecule has 2 heterocycles. The zero-order valence-electron chi connectivity index (χ0n) is 12.7. The number of likely N-dealkylation sites (tertiary alicyclic amines) is 1. The van der Waals surface area contributed by atoms with Crippen molar-refractivity contribution < 1.29 is 9.84 Å². The molecular formula is C17H22ClNO2S. The van der Waals surface area contributed by atoms with Crippen molar-refractivity contribution in [3.8, 4) is 5.75 Å². The number of ether oxygens (including phenoxy) is 1. The van der Waals surface area contributed by atoms with Crippen molar-refractivity contribution in [2.45, 2.75) is 25.0 Å². The largest absolute Gasteiger partial charge is 0.497 e. The molecule has 22 heavy (non-hydrogen) atoms. The van der Waals surface area contributed by atoms with Gasteiger partial charge in [-0.05, 0) is 48.5 Å². The second-order valence-electron chi connectivity index (χ2n) is 5.66. The number of nitrogens with zero attached hydrogens (tertiary/aromatic N) is 1. The summed E-state index contributed by atoms with van der Waals surface area (Å²) in [4.78, 5) is 3.69. The summed E-state index contributed by atoms with van der Waals surface area (Å²) in [7, 11) is 1.66. The number of thiophene rings is 1. The third-order valence-corrected chi connectivity index (χ3v) is 4.98. The smallest absolute Gasteiger partial charge is 0.119 e. The topological polar surface area (TPSA) is 32.7 Å². The Morgan fingerprint density at radius 1 is 1.32 bits per heavy atom. The van der Waals surface area contributed by atoms with Crippen molar-refractivity contribution in [3.63, 3.8) is 0 Å². The molecule has 1 aliphatic heterocycles. The van der Waals surface area contributed by atoms with Gasteiger partial charge in [-0.15, -0.1) is 23.7 Å². The summed E-state index contributed by atoms with van der Waals surface area (Å²) in [5.74, 6) is 0.802. The first-order chi connectivity index (χ1) is 10.2. The fourth-order valence-electron chi connectivity index (χ4n) is 3.03. The molecule has 1 saturated heterocycles. The van der Waals surface area contributed by atoms with Crippen LogP contribution in [0.4, 0.5) is 0 Å². The predicted octanol–water partition coefficient (Wildman–Crippen LogP) is 3.66. The molecule has 0 saturated carbocycles. The Bertz CT molecular complexity index is 590. The highest BCUT2D eigenvalue weighted by molar-refractivity contribution is 7.09. The van der Waals surface area contributed by atoms with Crippen LogP contribution in [0.25, 0.3) is 0 Å². The molecule has 0 aliphatic carbocycles. The maximum atomic E-state index is 11.1. The van der Waals surface area contributed by atoms with Gasteiger partial charge in [0.05, 0.1) is 7.11 Å². The highest BCUT2D eigenvalue weighted by atomic mass is 35.5. The minimum absolute atomic E-state index is 0. The first-order valence-electron chi connectivity index (χ1n) is 7.31. The third kappa shape index (κ3) is 3.82. The molecule has 120 valence electrons. The van der Waals surface area contributed by atoms with Crippen LogP contribution in [-0.2, 0) is 12.1 Å². The Hall–Kier alpha value is -1.07. The number of piperidine rings is 1. The molecular weight excluding hydrogens is 318 g/mol. The SMILES string of the molecule is COc1cccc(C2(O)CCCN(Cc3cccs3)C2)c1.Cl. The lowest BCUT2D eigenvalue weighted by Crippen LogP contribution is -2.45. The molecule has 1 aromatic heterocycles. The fourth-order valence-corrected chi connectivity index (χ4v) is 3.78. The van der Waals surface area contributed by atoms with Crippen LogP contribution in [0.15, 0.2) is 41.8 Å². The van der Waals surface area contributed by atoms with E-state index < -0.39 is 5.60 Å². The van der Waals surface area contributed by atoms with Gasteiger partial charge >= 0.3 is 0 Å². The van der Waals surface area contributed by atoms with Crippen LogP contribution in [0.3, 0.4) is 0 Å². The summed E-state index contributed by atoms with van der Waals surface area (Å²) in [6.45, 7) is 2.65. The van der Waals surface area contributed by atoms with E-state index in [1.807, 2.05) is 24.3 Å². The van der Waals surface area contributed by atoms with E-state index in [2.05, 4.69) is 22.4 Å². The van der Waals surface area contributed by atoms with E-state index in [4.69, 9.17) is 4.74 Å². The van der Waals surface area contributed by atoms with E-state index in [0.717, 1.165) is 37.2 Å². The molecule has 0 amide bonds. The molecule has 1 N–H and O–H groups in total. The molecule has 1 atom stereocenters. The standard InChI is InChI=1S/C17H21NO2S.ClH/c1-20-15-6-2-5-14(11-15)17(19)8-4-9-18(13-17)12-16-7-3-10-21-16;/h2-3,5-7,10-11,19H,4,8-9,12-13H2,1H3;1H. The number of hydrogen-bond acceptors (Lipinski definition) is 4. The van der Waals surface area contributed by atoms with Gasteiger partial charge in [0.1, 0.15) is 11.4 Å². The number of hydrogen-bond donors (Lipinski definition) is 1. The average molecular weight is 340 g/mol. The van der Waals surface area contributed by atoms with Crippen molar-refractivity contribution in [3.05, 3.63) is 52.2 Å². The van der Waals surface area contributed by atoms with Crippen molar-refractivity contribution >= 4 is 23.7 Å². The number of aliphatic hydroxyl groups is 1. The lowest BCUT2D eigenvalue weighted by molar-refractivity contribution is -0.0379. The normalized spacial score (nSPS) is 22.1. The number of rotatable bonds is 4. The summed E-state index contributed by atoms with van der Waals surface area (Å²) in [5.41, 5.74) is 0.182. The zero-order chi connectivity index (χ0) is 14.7. The maximum absolute atomic E-state index is 11.1. The molecule has 5 heteroatoms. The number of methoxy groups -OCH3 is 1. The van der Waals surface area contributed by atoms with Crippen LogP contribution in [0, 0.1) is 0 Å². The van der Waals surface area contributed by atoms with Gasteiger partial charge in [0.15, 0.2) is 0 Å². The van der Waals surface area contributed by atoms with Gasteiger partial charge in [-0.1, -0.05) is 18.2 Å². The number of benzene rings is 1. The van der Waals surface area contributed by atoms with Crippen molar-refractivity contribution in [2.24, 2.45) is 0 Å². The van der Waals surface area contributed by atoms with Crippen LogP contribution in [0.1, 0.15) is 23.3 Å². The molecule has 0 radical (unpaired) electrons. The van der Waals surface area contributed by atoms with Crippen molar-refractivity contribution in [2.75, 3.05) is 20.2 Å². The highest BCUT2D eigenvalue weighted by Crippen LogP contribution is 2.33. The first-order valence-corrected chi connectivity index (χ1v) is 8.19. The van der Waals surface area contributed by atoms with E-state index in [9.17, 15) is 5.11 Å². The van der Waals surface area contributed by atoms with E-state index in [1.54, 1.807) is 18.4 Å². The van der Waals surface area contributed by atoms with Crippen LogP contribution < -0.4 is 4.74 Å². The Labute approximate surface area is 141 Å². The molecule has 0 spiro atoms. The van der Waals surface area contributed by atoms with Gasteiger partial charge in [-0.2, -0.15) is 0 Å². The zero-order valence-corrected chi connectivity index (χ0v) is 14.3. The number of halogens is 1. The Balaban J connectivity index is 0.00000176. The third-order valence-electron chi connectivity index (χ3n) is 4.12. The maximum Gasteiger partial charge on any atom is 0.119 e. The molecule has 3 nitrogen and oxygen atoms in total. The quantitative estimate of drug-likeness (QED) is 0.922. The Kier molecular flexibility index (Phi) is 5.87. The van der Waals surface area contributed by atoms with Crippen LogP contribution >= 0.6 is 23.7 Å². The van der Waals surface area contributed by atoms with Crippen molar-refractivity contribution in [1.82, 2.24) is 4.90 Å². The van der Waals surface area contributed by atoms with Gasteiger partial charge < -0.3 is 9.84 Å². The van der Waals surface area contributed by atoms with Gasteiger partial charge in [-0.25, -0.2) is 0 Å². The molecule has 1 unspecified atom stereocenters. The Morgan fingerprint density at radius 3 is 2.91 bits per heavy atom. The molecule has 0 bridgehead atoms. The molecule has 1 fully saturated rings. The molecule has 2 aromatic rings. The second kappa shape index (κ2) is 7.47. The van der Waals surface area contributed by atoms with Crippen molar-refractivity contribution in [1.29, 1.82) is 0 Å². The summed E-state index contributed by atoms with van der Waals surface area (Å²) >= 11 is 1.78. The minimum Gasteiger partial charge on any atom is -0.497 e. The molecule has 1 aromatic carbocycles. The Morgan fingerprint density at radius 2 is 2.18 bits per heavy atom. The van der Waals surface area contributed by atoms with E-state index in [0.29, 0.717) is 6.54 Å². The number of β-amino-alcohol motifs (C(OH)–C–C–N with tert-alkyl or cyclic N) is 1. The minimum atomic E-state index is -0.774. The van der Waals surface area contributed by atoms with E-state index in [1.165, 1.54) is 4.88 Å². The van der Waals surface area contributed by atoms with E-state index >= 15 is 0 Å². The average Bonchev–Trinajstić information content (AvgIpc) is 3.00. The lowest BCUT2D eigenvalue weighted by Gasteiger charge is -2.39. The summed E-state index contributed by atoms with van der Waals surface area (Å²) in [5, 5.41) is 13.2. The second-order valence-corrected chi connectivity index (χ2v) is 6.69. The predicted molar refractivity (Wildman–Crippen MR) is 93.0 cm³/mol. The molecule has 3 rings (SSSR count). The monoisotopic (exact) mass is 339 g/mol.